The van der Waals surface area contributed by atoms with Crippen LogP contribution in [0, 0.1) is 13.8 Å². The average Bonchev–Trinajstić information content (AvgIpc) is 2.79. The fourth-order valence-electron chi connectivity index (χ4n) is 1.99. The van der Waals surface area contributed by atoms with E-state index in [2.05, 4.69) is 10.3 Å². The van der Waals surface area contributed by atoms with E-state index >= 15 is 0 Å². The standard InChI is InChI=1S/C14H18N2O3/c1-8-6-11(17-4)12(18-5)7-10(8)13-9(2)19-14(15-3)16-13/h6-7H,1-5H3,(H,15,16). The highest BCUT2D eigenvalue weighted by Crippen LogP contribution is 2.36. The van der Waals surface area contributed by atoms with Gasteiger partial charge in [-0.1, -0.05) is 0 Å². The van der Waals surface area contributed by atoms with Crippen LogP contribution in [-0.4, -0.2) is 26.3 Å². The monoisotopic (exact) mass is 262 g/mol. The van der Waals surface area contributed by atoms with Gasteiger partial charge in [-0.2, -0.15) is 4.98 Å². The second kappa shape index (κ2) is 5.22. The predicted molar refractivity (Wildman–Crippen MR) is 74.1 cm³/mol. The van der Waals surface area contributed by atoms with E-state index in [1.54, 1.807) is 21.3 Å². The molecule has 0 bridgehead atoms. The Morgan fingerprint density at radius 3 is 2.26 bits per heavy atom. The van der Waals surface area contributed by atoms with Gasteiger partial charge in [0.1, 0.15) is 11.5 Å². The van der Waals surface area contributed by atoms with E-state index in [0.29, 0.717) is 17.5 Å². The molecule has 0 fully saturated rings. The molecule has 0 saturated carbocycles. The molecule has 1 N–H and O–H groups in total. The van der Waals surface area contributed by atoms with Gasteiger partial charge in [-0.3, -0.25) is 0 Å². The van der Waals surface area contributed by atoms with Crippen molar-refractivity contribution in [1.82, 2.24) is 4.98 Å². The van der Waals surface area contributed by atoms with Crippen molar-refractivity contribution in [3.63, 3.8) is 0 Å². The van der Waals surface area contributed by atoms with Crippen molar-refractivity contribution >= 4 is 6.01 Å². The highest BCUT2D eigenvalue weighted by molar-refractivity contribution is 5.70. The molecule has 5 nitrogen and oxygen atoms in total. The lowest BCUT2D eigenvalue weighted by molar-refractivity contribution is 0.355. The summed E-state index contributed by atoms with van der Waals surface area (Å²) in [6, 6.07) is 4.35. The lowest BCUT2D eigenvalue weighted by atomic mass is 10.0. The molecule has 0 atom stereocenters. The van der Waals surface area contributed by atoms with Crippen molar-refractivity contribution in [3.05, 3.63) is 23.5 Å². The van der Waals surface area contributed by atoms with Gasteiger partial charge in [0.25, 0.3) is 6.01 Å². The van der Waals surface area contributed by atoms with E-state index in [1.807, 2.05) is 26.0 Å². The summed E-state index contributed by atoms with van der Waals surface area (Å²) in [5.74, 6) is 2.15. The highest BCUT2D eigenvalue weighted by atomic mass is 16.5. The molecule has 0 aliphatic heterocycles. The lowest BCUT2D eigenvalue weighted by Crippen LogP contribution is -1.94. The molecule has 1 aromatic carbocycles. The highest BCUT2D eigenvalue weighted by Gasteiger charge is 2.16. The van der Waals surface area contributed by atoms with Crippen molar-refractivity contribution in [2.45, 2.75) is 13.8 Å². The van der Waals surface area contributed by atoms with Gasteiger partial charge in [-0.05, 0) is 31.5 Å². The Kier molecular flexibility index (Phi) is 3.64. The smallest absolute Gasteiger partial charge is 0.295 e. The van der Waals surface area contributed by atoms with Crippen molar-refractivity contribution in [3.8, 4) is 22.8 Å². The molecule has 0 unspecified atom stereocenters. The van der Waals surface area contributed by atoms with E-state index in [0.717, 1.165) is 22.6 Å². The summed E-state index contributed by atoms with van der Waals surface area (Å²) < 4.78 is 16.1. The largest absolute Gasteiger partial charge is 0.493 e. The van der Waals surface area contributed by atoms with Crippen LogP contribution in [0.1, 0.15) is 11.3 Å². The SMILES string of the molecule is CNc1nc(-c2cc(OC)c(OC)cc2C)c(C)o1. The Labute approximate surface area is 112 Å². The maximum Gasteiger partial charge on any atom is 0.295 e. The lowest BCUT2D eigenvalue weighted by Gasteiger charge is -2.11. The molecule has 2 rings (SSSR count). The predicted octanol–water partition coefficient (Wildman–Crippen LogP) is 3.02. The van der Waals surface area contributed by atoms with Crippen molar-refractivity contribution in [2.24, 2.45) is 0 Å². The number of anilines is 1. The number of ether oxygens (including phenoxy) is 2. The fraction of sp³-hybridized carbons (Fsp3) is 0.357. The fourth-order valence-corrected chi connectivity index (χ4v) is 1.99. The number of oxazole rings is 1. The Morgan fingerprint density at radius 2 is 1.74 bits per heavy atom. The van der Waals surface area contributed by atoms with Gasteiger partial charge in [-0.25, -0.2) is 0 Å². The van der Waals surface area contributed by atoms with Crippen molar-refractivity contribution < 1.29 is 13.9 Å². The minimum absolute atomic E-state index is 0.502. The van der Waals surface area contributed by atoms with Gasteiger partial charge in [0.2, 0.25) is 0 Å². The maximum atomic E-state index is 5.51. The molecule has 0 radical (unpaired) electrons. The Hall–Kier alpha value is -2.17. The first kappa shape index (κ1) is 13.3. The van der Waals surface area contributed by atoms with Gasteiger partial charge >= 0.3 is 0 Å². The van der Waals surface area contributed by atoms with Gasteiger partial charge in [0.05, 0.1) is 14.2 Å². The summed E-state index contributed by atoms with van der Waals surface area (Å²) >= 11 is 0. The summed E-state index contributed by atoms with van der Waals surface area (Å²) in [4.78, 5) is 4.42. The number of nitrogens with zero attached hydrogens (tertiary/aromatic N) is 1. The number of aromatic nitrogens is 1. The van der Waals surface area contributed by atoms with Gasteiger partial charge < -0.3 is 19.2 Å². The second-order valence-electron chi connectivity index (χ2n) is 4.20. The number of rotatable bonds is 4. The van der Waals surface area contributed by atoms with Crippen LogP contribution in [0.15, 0.2) is 16.5 Å². The molecule has 0 aliphatic carbocycles. The number of hydrogen-bond donors (Lipinski definition) is 1. The Morgan fingerprint density at radius 1 is 1.11 bits per heavy atom. The van der Waals surface area contributed by atoms with E-state index in [1.165, 1.54) is 0 Å². The minimum Gasteiger partial charge on any atom is -0.493 e. The second-order valence-corrected chi connectivity index (χ2v) is 4.20. The molecular formula is C14H18N2O3. The first-order valence-corrected chi connectivity index (χ1v) is 5.98. The van der Waals surface area contributed by atoms with Gasteiger partial charge in [-0.15, -0.1) is 0 Å². The van der Waals surface area contributed by atoms with Crippen molar-refractivity contribution in [2.75, 3.05) is 26.6 Å². The van der Waals surface area contributed by atoms with Crippen LogP contribution in [0.25, 0.3) is 11.3 Å². The average molecular weight is 262 g/mol. The topological polar surface area (TPSA) is 56.5 Å². The number of methoxy groups -OCH3 is 2. The molecule has 1 aromatic heterocycles. The summed E-state index contributed by atoms with van der Waals surface area (Å²) in [5.41, 5.74) is 2.83. The molecular weight excluding hydrogens is 244 g/mol. The summed E-state index contributed by atoms with van der Waals surface area (Å²) in [6.07, 6.45) is 0. The third-order valence-corrected chi connectivity index (χ3v) is 3.00. The third kappa shape index (κ3) is 2.36. The van der Waals surface area contributed by atoms with E-state index < -0.39 is 0 Å². The van der Waals surface area contributed by atoms with Crippen LogP contribution >= 0.6 is 0 Å². The van der Waals surface area contributed by atoms with Crippen LogP contribution in [0.4, 0.5) is 6.01 Å². The minimum atomic E-state index is 0.502. The zero-order valence-electron chi connectivity index (χ0n) is 11.8. The quantitative estimate of drug-likeness (QED) is 0.917. The van der Waals surface area contributed by atoms with Crippen LogP contribution in [0.5, 0.6) is 11.5 Å². The van der Waals surface area contributed by atoms with Gasteiger partial charge in [0.15, 0.2) is 11.5 Å². The van der Waals surface area contributed by atoms with Crippen LogP contribution < -0.4 is 14.8 Å². The number of hydrogen-bond acceptors (Lipinski definition) is 5. The molecule has 0 spiro atoms. The normalized spacial score (nSPS) is 10.4. The van der Waals surface area contributed by atoms with E-state index in [9.17, 15) is 0 Å². The number of aryl methyl sites for hydroxylation is 2. The first-order valence-electron chi connectivity index (χ1n) is 5.98. The third-order valence-electron chi connectivity index (χ3n) is 3.00. The molecule has 1 heterocycles. The number of nitrogens with one attached hydrogen (secondary N) is 1. The van der Waals surface area contributed by atoms with Crippen molar-refractivity contribution in [1.29, 1.82) is 0 Å². The molecule has 0 saturated heterocycles. The van der Waals surface area contributed by atoms with Crippen LogP contribution in [-0.2, 0) is 0 Å². The summed E-state index contributed by atoms with van der Waals surface area (Å²) in [5, 5.41) is 2.89. The summed E-state index contributed by atoms with van der Waals surface area (Å²) in [6.45, 7) is 3.89. The van der Waals surface area contributed by atoms with Crippen LogP contribution in [0.3, 0.4) is 0 Å². The zero-order valence-corrected chi connectivity index (χ0v) is 11.8. The first-order chi connectivity index (χ1) is 9.10. The Bertz CT molecular complexity index is 591. The molecule has 2 aromatic rings. The molecule has 19 heavy (non-hydrogen) atoms. The van der Waals surface area contributed by atoms with Gasteiger partial charge in [0, 0.05) is 12.6 Å². The summed E-state index contributed by atoms with van der Waals surface area (Å²) in [7, 11) is 5.01. The Balaban J connectivity index is 2.58. The number of benzene rings is 1. The van der Waals surface area contributed by atoms with E-state index in [-0.39, 0.29) is 0 Å². The molecule has 102 valence electrons. The molecule has 5 heteroatoms. The maximum absolute atomic E-state index is 5.51. The van der Waals surface area contributed by atoms with Crippen LogP contribution in [0.2, 0.25) is 0 Å². The zero-order chi connectivity index (χ0) is 14.0. The molecule has 0 aliphatic rings. The van der Waals surface area contributed by atoms with E-state index in [4.69, 9.17) is 13.9 Å². The molecule has 0 amide bonds.